The second-order valence-corrected chi connectivity index (χ2v) is 7.90. The van der Waals surface area contributed by atoms with Gasteiger partial charge in [0.05, 0.1) is 11.5 Å². The Balaban J connectivity index is 0.00000162. The highest BCUT2D eigenvalue weighted by atomic mass is 35.5. The molecule has 0 saturated carbocycles. The van der Waals surface area contributed by atoms with Crippen LogP contribution in [-0.4, -0.2) is 57.5 Å². The van der Waals surface area contributed by atoms with Crippen LogP contribution in [0.5, 0.6) is 0 Å². The molecule has 2 aliphatic heterocycles. The Kier molecular flexibility index (Phi) is 6.38. The molecule has 2 saturated heterocycles. The Morgan fingerprint density at radius 2 is 1.94 bits per heavy atom. The number of piperidine rings is 1. The lowest BCUT2D eigenvalue weighted by molar-refractivity contribution is 0.201. The SMILES string of the molecule is CC1CN(CC2CCNCC2)CCS(=O)(=O)C1.Cl. The summed E-state index contributed by atoms with van der Waals surface area (Å²) in [7, 11) is -2.80. The number of rotatable bonds is 2. The smallest absolute Gasteiger partial charge is 0.151 e. The summed E-state index contributed by atoms with van der Waals surface area (Å²) in [5, 5.41) is 3.37. The Hall–Kier alpha value is 0.160. The predicted octanol–water partition coefficient (Wildman–Crippen LogP) is 0.774. The highest BCUT2D eigenvalue weighted by Crippen LogP contribution is 2.17. The van der Waals surface area contributed by atoms with E-state index in [4.69, 9.17) is 0 Å². The van der Waals surface area contributed by atoms with Gasteiger partial charge in [-0.2, -0.15) is 0 Å². The molecule has 0 bridgehead atoms. The summed E-state index contributed by atoms with van der Waals surface area (Å²) in [5.74, 6) is 1.76. The van der Waals surface area contributed by atoms with E-state index in [0.717, 1.165) is 38.6 Å². The molecule has 1 N–H and O–H groups in total. The normalized spacial score (nSPS) is 30.4. The molecule has 2 fully saturated rings. The maximum atomic E-state index is 11.7. The molecule has 2 rings (SSSR count). The highest BCUT2D eigenvalue weighted by molar-refractivity contribution is 7.91. The van der Waals surface area contributed by atoms with Gasteiger partial charge in [-0.05, 0) is 37.8 Å². The molecule has 0 aromatic rings. The number of halogens is 1. The molecule has 0 amide bonds. The molecule has 0 spiro atoms. The van der Waals surface area contributed by atoms with Crippen molar-refractivity contribution in [3.63, 3.8) is 0 Å². The summed E-state index contributed by atoms with van der Waals surface area (Å²) in [5.41, 5.74) is 0. The lowest BCUT2D eigenvalue weighted by atomic mass is 9.97. The van der Waals surface area contributed by atoms with Crippen molar-refractivity contribution in [1.29, 1.82) is 0 Å². The van der Waals surface area contributed by atoms with Crippen LogP contribution in [0.3, 0.4) is 0 Å². The van der Waals surface area contributed by atoms with Gasteiger partial charge in [0.1, 0.15) is 0 Å². The van der Waals surface area contributed by atoms with Gasteiger partial charge in [0.25, 0.3) is 0 Å². The van der Waals surface area contributed by atoms with Crippen LogP contribution in [0.1, 0.15) is 19.8 Å². The maximum Gasteiger partial charge on any atom is 0.151 e. The molecule has 18 heavy (non-hydrogen) atoms. The standard InChI is InChI=1S/C12H24N2O2S.ClH/c1-11-8-14(6-7-17(15,16)10-11)9-12-2-4-13-5-3-12;/h11-13H,2-10H2,1H3;1H. The molecule has 6 heteroatoms. The quantitative estimate of drug-likeness (QED) is 0.818. The molecule has 0 radical (unpaired) electrons. The second-order valence-electron chi connectivity index (χ2n) is 5.67. The molecular formula is C12H25ClN2O2S. The average molecular weight is 297 g/mol. The van der Waals surface area contributed by atoms with Gasteiger partial charge >= 0.3 is 0 Å². The number of hydrogen-bond donors (Lipinski definition) is 1. The first-order valence-corrected chi connectivity index (χ1v) is 8.51. The van der Waals surface area contributed by atoms with Crippen LogP contribution in [-0.2, 0) is 9.84 Å². The van der Waals surface area contributed by atoms with Crippen molar-refractivity contribution in [2.75, 3.05) is 44.2 Å². The molecule has 2 aliphatic rings. The molecule has 2 heterocycles. The molecule has 1 atom stereocenters. The van der Waals surface area contributed by atoms with E-state index in [-0.39, 0.29) is 18.3 Å². The van der Waals surface area contributed by atoms with Gasteiger partial charge in [0.2, 0.25) is 0 Å². The van der Waals surface area contributed by atoms with Gasteiger partial charge in [0.15, 0.2) is 9.84 Å². The fourth-order valence-electron chi connectivity index (χ4n) is 2.97. The highest BCUT2D eigenvalue weighted by Gasteiger charge is 2.26. The number of nitrogens with one attached hydrogen (secondary N) is 1. The van der Waals surface area contributed by atoms with Crippen LogP contribution in [0.4, 0.5) is 0 Å². The summed E-state index contributed by atoms with van der Waals surface area (Å²) >= 11 is 0. The summed E-state index contributed by atoms with van der Waals surface area (Å²) in [6.45, 7) is 7.05. The number of sulfone groups is 1. The topological polar surface area (TPSA) is 49.4 Å². The van der Waals surface area contributed by atoms with Crippen molar-refractivity contribution >= 4 is 22.2 Å². The minimum atomic E-state index is -2.80. The van der Waals surface area contributed by atoms with Crippen LogP contribution in [0.2, 0.25) is 0 Å². The zero-order chi connectivity index (χ0) is 12.3. The molecule has 0 aromatic carbocycles. The van der Waals surface area contributed by atoms with E-state index in [1.54, 1.807) is 0 Å². The Bertz CT molecular complexity index is 342. The molecular weight excluding hydrogens is 272 g/mol. The van der Waals surface area contributed by atoms with Crippen molar-refractivity contribution in [3.05, 3.63) is 0 Å². The van der Waals surface area contributed by atoms with Gasteiger partial charge in [-0.1, -0.05) is 6.92 Å². The predicted molar refractivity (Wildman–Crippen MR) is 77.1 cm³/mol. The lowest BCUT2D eigenvalue weighted by Crippen LogP contribution is -2.38. The number of nitrogens with zero attached hydrogens (tertiary/aromatic N) is 1. The Morgan fingerprint density at radius 3 is 2.61 bits per heavy atom. The third-order valence-electron chi connectivity index (χ3n) is 3.80. The zero-order valence-corrected chi connectivity index (χ0v) is 12.7. The summed E-state index contributed by atoms with van der Waals surface area (Å²) in [4.78, 5) is 2.37. The largest absolute Gasteiger partial charge is 0.317 e. The van der Waals surface area contributed by atoms with Crippen molar-refractivity contribution in [1.82, 2.24) is 10.2 Å². The van der Waals surface area contributed by atoms with Gasteiger partial charge in [-0.25, -0.2) is 8.42 Å². The first-order chi connectivity index (χ1) is 8.05. The van der Waals surface area contributed by atoms with Crippen molar-refractivity contribution in [3.8, 4) is 0 Å². The fourth-order valence-corrected chi connectivity index (χ4v) is 4.64. The molecule has 0 aromatic heterocycles. The molecule has 0 aliphatic carbocycles. The van der Waals surface area contributed by atoms with E-state index >= 15 is 0 Å². The van der Waals surface area contributed by atoms with Gasteiger partial charge < -0.3 is 10.2 Å². The van der Waals surface area contributed by atoms with Crippen LogP contribution in [0, 0.1) is 11.8 Å². The minimum absolute atomic E-state index is 0. The first-order valence-electron chi connectivity index (χ1n) is 6.69. The van der Waals surface area contributed by atoms with Crippen molar-refractivity contribution < 1.29 is 8.42 Å². The second kappa shape index (κ2) is 7.08. The molecule has 108 valence electrons. The van der Waals surface area contributed by atoms with E-state index in [2.05, 4.69) is 17.1 Å². The van der Waals surface area contributed by atoms with Crippen molar-refractivity contribution in [2.45, 2.75) is 19.8 Å². The fraction of sp³-hybridized carbons (Fsp3) is 1.00. The van der Waals surface area contributed by atoms with Crippen LogP contribution >= 0.6 is 12.4 Å². The monoisotopic (exact) mass is 296 g/mol. The van der Waals surface area contributed by atoms with Crippen molar-refractivity contribution in [2.24, 2.45) is 11.8 Å². The minimum Gasteiger partial charge on any atom is -0.317 e. The Morgan fingerprint density at radius 1 is 1.28 bits per heavy atom. The summed E-state index contributed by atoms with van der Waals surface area (Å²) < 4.78 is 23.4. The molecule has 4 nitrogen and oxygen atoms in total. The van der Waals surface area contributed by atoms with Gasteiger partial charge in [-0.3, -0.25) is 0 Å². The van der Waals surface area contributed by atoms with E-state index < -0.39 is 9.84 Å². The average Bonchev–Trinajstić information content (AvgIpc) is 2.38. The van der Waals surface area contributed by atoms with Gasteiger partial charge in [-0.15, -0.1) is 12.4 Å². The number of hydrogen-bond acceptors (Lipinski definition) is 4. The van der Waals surface area contributed by atoms with Crippen LogP contribution < -0.4 is 5.32 Å². The van der Waals surface area contributed by atoms with E-state index in [1.807, 2.05) is 0 Å². The summed E-state index contributed by atoms with van der Waals surface area (Å²) in [6, 6.07) is 0. The maximum absolute atomic E-state index is 11.7. The lowest BCUT2D eigenvalue weighted by Gasteiger charge is -2.29. The summed E-state index contributed by atoms with van der Waals surface area (Å²) in [6.07, 6.45) is 2.47. The third-order valence-corrected chi connectivity index (χ3v) is 5.68. The van der Waals surface area contributed by atoms with Crippen LogP contribution in [0.15, 0.2) is 0 Å². The van der Waals surface area contributed by atoms with Crippen LogP contribution in [0.25, 0.3) is 0 Å². The van der Waals surface area contributed by atoms with Gasteiger partial charge in [0, 0.05) is 19.6 Å². The molecule has 1 unspecified atom stereocenters. The van der Waals surface area contributed by atoms with E-state index in [9.17, 15) is 8.42 Å². The van der Waals surface area contributed by atoms with E-state index in [0.29, 0.717) is 11.5 Å². The third kappa shape index (κ3) is 5.03. The Labute approximate surface area is 117 Å². The zero-order valence-electron chi connectivity index (χ0n) is 11.1. The first kappa shape index (κ1) is 16.2. The van der Waals surface area contributed by atoms with E-state index in [1.165, 1.54) is 12.8 Å².